The normalized spacial score (nSPS) is 18.8. The largest absolute Gasteiger partial charge is 0.357 e. The third-order valence-corrected chi connectivity index (χ3v) is 3.68. The Labute approximate surface area is 114 Å². The van der Waals surface area contributed by atoms with E-state index in [0.717, 1.165) is 17.3 Å². The van der Waals surface area contributed by atoms with E-state index in [1.165, 1.54) is 0 Å². The van der Waals surface area contributed by atoms with E-state index in [-0.39, 0.29) is 17.9 Å². The van der Waals surface area contributed by atoms with Crippen molar-refractivity contribution in [3.05, 3.63) is 34.3 Å². The summed E-state index contributed by atoms with van der Waals surface area (Å²) in [5, 5.41) is 2.61. The lowest BCUT2D eigenvalue weighted by Crippen LogP contribution is -2.44. The molecule has 1 aromatic rings. The van der Waals surface area contributed by atoms with Crippen LogP contribution in [0.15, 0.2) is 28.7 Å². The summed E-state index contributed by atoms with van der Waals surface area (Å²) in [4.78, 5) is 25.7. The Balaban J connectivity index is 2.17. The lowest BCUT2D eigenvalue weighted by Gasteiger charge is -2.23. The van der Waals surface area contributed by atoms with Crippen LogP contribution in [0.5, 0.6) is 0 Å². The zero-order chi connectivity index (χ0) is 13.1. The molecule has 0 aromatic heterocycles. The summed E-state index contributed by atoms with van der Waals surface area (Å²) in [5.41, 5.74) is 0.619. The molecule has 0 aliphatic carbocycles. The minimum Gasteiger partial charge on any atom is -0.357 e. The van der Waals surface area contributed by atoms with E-state index in [0.29, 0.717) is 12.1 Å². The highest BCUT2D eigenvalue weighted by molar-refractivity contribution is 9.10. The van der Waals surface area contributed by atoms with Crippen molar-refractivity contribution in [2.45, 2.75) is 18.9 Å². The molecule has 1 N–H and O–H groups in total. The smallest absolute Gasteiger partial charge is 0.254 e. The summed E-state index contributed by atoms with van der Waals surface area (Å²) in [6, 6.07) is 6.87. The number of hydrogen-bond donors (Lipinski definition) is 1. The molecule has 5 heteroatoms. The number of benzene rings is 1. The first-order valence-electron chi connectivity index (χ1n) is 5.91. The van der Waals surface area contributed by atoms with Crippen molar-refractivity contribution >= 4 is 27.7 Å². The quantitative estimate of drug-likeness (QED) is 0.905. The fourth-order valence-corrected chi connectivity index (χ4v) is 2.47. The molecular weight excluding hydrogens is 296 g/mol. The van der Waals surface area contributed by atoms with Gasteiger partial charge in [0, 0.05) is 23.6 Å². The SMILES string of the molecule is CNC(=O)C1CCCN1C(=O)c1ccc(Br)cc1. The fraction of sp³-hybridized carbons (Fsp3) is 0.385. The summed E-state index contributed by atoms with van der Waals surface area (Å²) in [6.45, 7) is 0.646. The van der Waals surface area contributed by atoms with Gasteiger partial charge in [-0.25, -0.2) is 0 Å². The molecule has 1 atom stereocenters. The number of likely N-dealkylation sites (N-methyl/N-ethyl adjacent to an activating group) is 1. The van der Waals surface area contributed by atoms with Gasteiger partial charge in [-0.2, -0.15) is 0 Å². The molecule has 0 spiro atoms. The summed E-state index contributed by atoms with van der Waals surface area (Å²) in [5.74, 6) is -0.161. The van der Waals surface area contributed by atoms with Crippen molar-refractivity contribution in [1.29, 1.82) is 0 Å². The van der Waals surface area contributed by atoms with Crippen LogP contribution < -0.4 is 5.32 Å². The van der Waals surface area contributed by atoms with Crippen molar-refractivity contribution in [2.75, 3.05) is 13.6 Å². The van der Waals surface area contributed by atoms with Gasteiger partial charge in [-0.1, -0.05) is 15.9 Å². The van der Waals surface area contributed by atoms with Gasteiger partial charge in [0.15, 0.2) is 0 Å². The Hall–Kier alpha value is -1.36. The van der Waals surface area contributed by atoms with Gasteiger partial charge in [-0.3, -0.25) is 9.59 Å². The van der Waals surface area contributed by atoms with Crippen molar-refractivity contribution < 1.29 is 9.59 Å². The zero-order valence-electron chi connectivity index (χ0n) is 10.1. The lowest BCUT2D eigenvalue weighted by molar-refractivity contribution is -0.124. The summed E-state index contributed by atoms with van der Waals surface area (Å²) < 4.78 is 0.934. The standard InChI is InChI=1S/C13H15BrN2O2/c1-15-12(17)11-3-2-8-16(11)13(18)9-4-6-10(14)7-5-9/h4-7,11H,2-3,8H2,1H3,(H,15,17). The molecule has 1 saturated heterocycles. The number of nitrogens with one attached hydrogen (secondary N) is 1. The second kappa shape index (κ2) is 5.52. The number of carbonyl (C=O) groups excluding carboxylic acids is 2. The molecule has 1 aliphatic heterocycles. The third kappa shape index (κ3) is 2.56. The average molecular weight is 311 g/mol. The minimum atomic E-state index is -0.328. The highest BCUT2D eigenvalue weighted by atomic mass is 79.9. The first-order chi connectivity index (χ1) is 8.63. The Kier molecular flexibility index (Phi) is 4.01. The highest BCUT2D eigenvalue weighted by Crippen LogP contribution is 2.21. The zero-order valence-corrected chi connectivity index (χ0v) is 11.7. The molecule has 1 fully saturated rings. The Morgan fingerprint density at radius 2 is 2.00 bits per heavy atom. The Morgan fingerprint density at radius 1 is 1.33 bits per heavy atom. The number of likely N-dealkylation sites (tertiary alicyclic amines) is 1. The maximum Gasteiger partial charge on any atom is 0.254 e. The first-order valence-corrected chi connectivity index (χ1v) is 6.71. The van der Waals surface area contributed by atoms with Crippen LogP contribution in [-0.4, -0.2) is 36.3 Å². The van der Waals surface area contributed by atoms with Crippen LogP contribution >= 0.6 is 15.9 Å². The van der Waals surface area contributed by atoms with E-state index < -0.39 is 0 Å². The molecule has 18 heavy (non-hydrogen) atoms. The van der Waals surface area contributed by atoms with Crippen LogP contribution in [0.1, 0.15) is 23.2 Å². The molecular formula is C13H15BrN2O2. The molecule has 96 valence electrons. The van der Waals surface area contributed by atoms with Crippen molar-refractivity contribution in [3.8, 4) is 0 Å². The van der Waals surface area contributed by atoms with E-state index in [2.05, 4.69) is 21.2 Å². The van der Waals surface area contributed by atoms with E-state index in [4.69, 9.17) is 0 Å². The predicted molar refractivity (Wildman–Crippen MR) is 72.3 cm³/mol. The summed E-state index contributed by atoms with van der Waals surface area (Å²) in [6.07, 6.45) is 1.61. The summed E-state index contributed by atoms with van der Waals surface area (Å²) >= 11 is 3.34. The van der Waals surface area contributed by atoms with E-state index in [9.17, 15) is 9.59 Å². The van der Waals surface area contributed by atoms with Gasteiger partial charge in [-0.05, 0) is 37.1 Å². The van der Waals surface area contributed by atoms with Crippen LogP contribution in [0, 0.1) is 0 Å². The van der Waals surface area contributed by atoms with Crippen LogP contribution in [0.3, 0.4) is 0 Å². The fourth-order valence-electron chi connectivity index (χ4n) is 2.21. The van der Waals surface area contributed by atoms with Gasteiger partial charge in [0.1, 0.15) is 6.04 Å². The molecule has 0 saturated carbocycles. The van der Waals surface area contributed by atoms with Gasteiger partial charge in [0.25, 0.3) is 5.91 Å². The number of amides is 2. The molecule has 4 nitrogen and oxygen atoms in total. The van der Waals surface area contributed by atoms with E-state index in [1.807, 2.05) is 12.1 Å². The number of halogens is 1. The van der Waals surface area contributed by atoms with Gasteiger partial charge in [-0.15, -0.1) is 0 Å². The number of hydrogen-bond acceptors (Lipinski definition) is 2. The predicted octanol–water partition coefficient (Wildman–Crippen LogP) is 1.80. The third-order valence-electron chi connectivity index (χ3n) is 3.15. The van der Waals surface area contributed by atoms with Crippen molar-refractivity contribution in [2.24, 2.45) is 0 Å². The molecule has 2 amide bonds. The van der Waals surface area contributed by atoms with Gasteiger partial charge >= 0.3 is 0 Å². The molecule has 1 aromatic carbocycles. The van der Waals surface area contributed by atoms with E-state index >= 15 is 0 Å². The number of carbonyl (C=O) groups is 2. The molecule has 0 bridgehead atoms. The van der Waals surface area contributed by atoms with E-state index in [1.54, 1.807) is 24.1 Å². The highest BCUT2D eigenvalue weighted by Gasteiger charge is 2.33. The van der Waals surface area contributed by atoms with Crippen LogP contribution in [-0.2, 0) is 4.79 Å². The maximum absolute atomic E-state index is 12.3. The number of nitrogens with zero attached hydrogens (tertiary/aromatic N) is 1. The number of rotatable bonds is 2. The van der Waals surface area contributed by atoms with Crippen LogP contribution in [0.4, 0.5) is 0 Å². The second-order valence-corrected chi connectivity index (χ2v) is 5.19. The second-order valence-electron chi connectivity index (χ2n) is 4.28. The molecule has 2 rings (SSSR count). The average Bonchev–Trinajstić information content (AvgIpc) is 2.87. The van der Waals surface area contributed by atoms with Gasteiger partial charge < -0.3 is 10.2 Å². The monoisotopic (exact) mass is 310 g/mol. The Bertz CT molecular complexity index is 459. The first kappa shape index (κ1) is 13.1. The molecule has 1 aliphatic rings. The lowest BCUT2D eigenvalue weighted by atomic mass is 10.1. The van der Waals surface area contributed by atoms with Gasteiger partial charge in [0.05, 0.1) is 0 Å². The molecule has 0 radical (unpaired) electrons. The van der Waals surface area contributed by atoms with Gasteiger partial charge in [0.2, 0.25) is 5.91 Å². The van der Waals surface area contributed by atoms with Crippen molar-refractivity contribution in [3.63, 3.8) is 0 Å². The topological polar surface area (TPSA) is 49.4 Å². The minimum absolute atomic E-state index is 0.0754. The molecule has 1 heterocycles. The maximum atomic E-state index is 12.3. The van der Waals surface area contributed by atoms with Crippen molar-refractivity contribution in [1.82, 2.24) is 10.2 Å². The molecule has 1 unspecified atom stereocenters. The van der Waals surface area contributed by atoms with Crippen LogP contribution in [0.25, 0.3) is 0 Å². The van der Waals surface area contributed by atoms with Crippen LogP contribution in [0.2, 0.25) is 0 Å². The summed E-state index contributed by atoms with van der Waals surface area (Å²) in [7, 11) is 1.60. The Morgan fingerprint density at radius 3 is 2.61 bits per heavy atom.